The Labute approximate surface area is 123 Å². The molecule has 0 fully saturated rings. The van der Waals surface area contributed by atoms with E-state index in [0.29, 0.717) is 0 Å². The summed E-state index contributed by atoms with van der Waals surface area (Å²) < 4.78 is 0. The van der Waals surface area contributed by atoms with Crippen molar-refractivity contribution in [1.82, 2.24) is 0 Å². The second-order valence-electron chi connectivity index (χ2n) is 5.40. The molecule has 0 saturated heterocycles. The molecule has 2 rings (SSSR count). The highest BCUT2D eigenvalue weighted by atomic mass is 14.1. The summed E-state index contributed by atoms with van der Waals surface area (Å²) >= 11 is 0. The maximum atomic E-state index is 2.38. The molecule has 106 valence electrons. The van der Waals surface area contributed by atoms with E-state index in [4.69, 9.17) is 0 Å². The summed E-state index contributed by atoms with van der Waals surface area (Å²) in [7, 11) is 0. The monoisotopic (exact) mass is 266 g/mol. The van der Waals surface area contributed by atoms with E-state index in [2.05, 4.69) is 64.1 Å². The maximum Gasteiger partial charge on any atom is -0.0149 e. The molecule has 20 heavy (non-hydrogen) atoms. The first-order valence-corrected chi connectivity index (χ1v) is 7.97. The molecule has 0 amide bonds. The van der Waals surface area contributed by atoms with Gasteiger partial charge in [-0.3, -0.25) is 0 Å². The molecule has 0 spiro atoms. The molecular formula is C20H26. The summed E-state index contributed by atoms with van der Waals surface area (Å²) in [5.41, 5.74) is 8.67. The van der Waals surface area contributed by atoms with Crippen LogP contribution in [-0.2, 0) is 25.7 Å². The first kappa shape index (κ1) is 14.8. The van der Waals surface area contributed by atoms with Crippen LogP contribution in [0.5, 0.6) is 0 Å². The van der Waals surface area contributed by atoms with E-state index < -0.39 is 0 Å². The van der Waals surface area contributed by atoms with Gasteiger partial charge in [0.25, 0.3) is 0 Å². The van der Waals surface area contributed by atoms with Gasteiger partial charge in [0.15, 0.2) is 0 Å². The summed E-state index contributed by atoms with van der Waals surface area (Å²) in [6.45, 7) is 8.96. The zero-order chi connectivity index (χ0) is 14.5. The highest BCUT2D eigenvalue weighted by Gasteiger charge is 2.09. The Morgan fingerprint density at radius 1 is 0.550 bits per heavy atom. The van der Waals surface area contributed by atoms with Crippen LogP contribution in [-0.4, -0.2) is 0 Å². The van der Waals surface area contributed by atoms with Crippen molar-refractivity contribution in [1.29, 1.82) is 0 Å². The normalized spacial score (nSPS) is 10.8. The average molecular weight is 266 g/mol. The minimum Gasteiger partial charge on any atom is -0.0613 e. The van der Waals surface area contributed by atoms with Crippen molar-refractivity contribution in [2.45, 2.75) is 53.4 Å². The number of hydrogen-bond acceptors (Lipinski definition) is 0. The summed E-state index contributed by atoms with van der Waals surface area (Å²) in [5, 5.41) is 0. The smallest absolute Gasteiger partial charge is 0.0149 e. The topological polar surface area (TPSA) is 0 Å². The van der Waals surface area contributed by atoms with Gasteiger partial charge < -0.3 is 0 Å². The molecule has 0 aliphatic carbocycles. The van der Waals surface area contributed by atoms with Gasteiger partial charge in [0.05, 0.1) is 0 Å². The van der Waals surface area contributed by atoms with Crippen LogP contribution in [0.15, 0.2) is 36.4 Å². The van der Waals surface area contributed by atoms with Crippen molar-refractivity contribution >= 4 is 0 Å². The highest BCUT2D eigenvalue weighted by molar-refractivity contribution is 5.71. The Morgan fingerprint density at radius 3 is 1.25 bits per heavy atom. The molecule has 2 aromatic carbocycles. The molecule has 0 aliphatic heterocycles. The van der Waals surface area contributed by atoms with Gasteiger partial charge >= 0.3 is 0 Å². The standard InChI is InChI=1S/C20H26/c1-5-15-9-11-19(17(7-3)13-15)20-12-10-16(6-2)14-18(20)8-4/h9-14H,5-8H2,1-4H3. The van der Waals surface area contributed by atoms with Gasteiger partial charge in [0, 0.05) is 0 Å². The second-order valence-corrected chi connectivity index (χ2v) is 5.40. The van der Waals surface area contributed by atoms with Gasteiger partial charge in [-0.25, -0.2) is 0 Å². The van der Waals surface area contributed by atoms with E-state index in [-0.39, 0.29) is 0 Å². The summed E-state index contributed by atoms with van der Waals surface area (Å²) in [4.78, 5) is 0. The molecule has 0 saturated carbocycles. The van der Waals surface area contributed by atoms with Crippen LogP contribution in [0.2, 0.25) is 0 Å². The van der Waals surface area contributed by atoms with Crippen molar-refractivity contribution in [3.05, 3.63) is 58.7 Å². The van der Waals surface area contributed by atoms with Gasteiger partial charge in [0.1, 0.15) is 0 Å². The average Bonchev–Trinajstić information content (AvgIpc) is 2.53. The van der Waals surface area contributed by atoms with Crippen molar-refractivity contribution < 1.29 is 0 Å². The van der Waals surface area contributed by atoms with Crippen LogP contribution >= 0.6 is 0 Å². The molecule has 0 nitrogen and oxygen atoms in total. The lowest BCUT2D eigenvalue weighted by molar-refractivity contribution is 1.07. The number of hydrogen-bond donors (Lipinski definition) is 0. The summed E-state index contributed by atoms with van der Waals surface area (Å²) in [6.07, 6.45) is 4.43. The third-order valence-corrected chi connectivity index (χ3v) is 4.21. The van der Waals surface area contributed by atoms with Gasteiger partial charge in [-0.05, 0) is 59.1 Å². The van der Waals surface area contributed by atoms with E-state index >= 15 is 0 Å². The highest BCUT2D eigenvalue weighted by Crippen LogP contribution is 2.30. The van der Waals surface area contributed by atoms with Crippen molar-refractivity contribution in [3.8, 4) is 11.1 Å². The van der Waals surface area contributed by atoms with E-state index in [1.807, 2.05) is 0 Å². The Kier molecular flexibility index (Phi) is 5.00. The molecule has 2 aromatic rings. The lowest BCUT2D eigenvalue weighted by Gasteiger charge is -2.15. The molecular weight excluding hydrogens is 240 g/mol. The van der Waals surface area contributed by atoms with Gasteiger partial charge in [0.2, 0.25) is 0 Å². The van der Waals surface area contributed by atoms with Crippen molar-refractivity contribution in [3.63, 3.8) is 0 Å². The predicted octanol–water partition coefficient (Wildman–Crippen LogP) is 5.60. The Morgan fingerprint density at radius 2 is 0.950 bits per heavy atom. The Balaban J connectivity index is 2.55. The molecule has 0 heterocycles. The van der Waals surface area contributed by atoms with E-state index in [1.54, 1.807) is 0 Å². The Hall–Kier alpha value is -1.56. The fraction of sp³-hybridized carbons (Fsp3) is 0.400. The minimum absolute atomic E-state index is 1.10. The fourth-order valence-electron chi connectivity index (χ4n) is 2.84. The molecule has 0 radical (unpaired) electrons. The number of benzene rings is 2. The van der Waals surface area contributed by atoms with Gasteiger partial charge in [-0.1, -0.05) is 64.1 Å². The van der Waals surface area contributed by atoms with Crippen LogP contribution in [0.25, 0.3) is 11.1 Å². The lowest BCUT2D eigenvalue weighted by Crippen LogP contribution is -1.95. The van der Waals surface area contributed by atoms with Crippen molar-refractivity contribution in [2.75, 3.05) is 0 Å². The van der Waals surface area contributed by atoms with E-state index in [1.165, 1.54) is 33.4 Å². The third kappa shape index (κ3) is 2.95. The van der Waals surface area contributed by atoms with Crippen LogP contribution in [0.3, 0.4) is 0 Å². The van der Waals surface area contributed by atoms with Crippen LogP contribution < -0.4 is 0 Å². The third-order valence-electron chi connectivity index (χ3n) is 4.21. The predicted molar refractivity (Wildman–Crippen MR) is 89.4 cm³/mol. The molecule has 0 aromatic heterocycles. The molecule has 0 heteroatoms. The zero-order valence-electron chi connectivity index (χ0n) is 13.3. The van der Waals surface area contributed by atoms with Gasteiger partial charge in [-0.2, -0.15) is 0 Å². The van der Waals surface area contributed by atoms with Crippen molar-refractivity contribution in [2.24, 2.45) is 0 Å². The van der Waals surface area contributed by atoms with Crippen LogP contribution in [0.4, 0.5) is 0 Å². The summed E-state index contributed by atoms with van der Waals surface area (Å²) in [6, 6.07) is 13.9. The molecule has 0 N–H and O–H groups in total. The fourth-order valence-corrected chi connectivity index (χ4v) is 2.84. The molecule has 0 aliphatic rings. The molecule has 0 atom stereocenters. The maximum absolute atomic E-state index is 2.38. The second kappa shape index (κ2) is 6.74. The van der Waals surface area contributed by atoms with Crippen LogP contribution in [0.1, 0.15) is 49.9 Å². The zero-order valence-corrected chi connectivity index (χ0v) is 13.3. The number of aryl methyl sites for hydroxylation is 4. The van der Waals surface area contributed by atoms with Crippen LogP contribution in [0, 0.1) is 0 Å². The van der Waals surface area contributed by atoms with Gasteiger partial charge in [-0.15, -0.1) is 0 Å². The summed E-state index contributed by atoms with van der Waals surface area (Å²) in [5.74, 6) is 0. The largest absolute Gasteiger partial charge is 0.0613 e. The SMILES string of the molecule is CCc1ccc(-c2ccc(CC)cc2CC)c(CC)c1. The number of rotatable bonds is 5. The molecule has 0 unspecified atom stereocenters. The quantitative estimate of drug-likeness (QED) is 0.660. The Bertz CT molecular complexity index is 525. The first-order chi connectivity index (χ1) is 9.73. The van der Waals surface area contributed by atoms with E-state index in [0.717, 1.165) is 25.7 Å². The minimum atomic E-state index is 1.10. The van der Waals surface area contributed by atoms with E-state index in [9.17, 15) is 0 Å². The lowest BCUT2D eigenvalue weighted by atomic mass is 9.90. The first-order valence-electron chi connectivity index (χ1n) is 7.97. The molecule has 0 bridgehead atoms.